The maximum absolute atomic E-state index is 12.5. The summed E-state index contributed by atoms with van der Waals surface area (Å²) < 4.78 is 1.16. The van der Waals surface area contributed by atoms with Crippen molar-refractivity contribution in [2.45, 2.75) is 13.3 Å². The molecule has 1 N–H and O–H groups in total. The van der Waals surface area contributed by atoms with Crippen LogP contribution in [-0.2, 0) is 6.42 Å². The molecule has 0 saturated carbocycles. The summed E-state index contributed by atoms with van der Waals surface area (Å²) in [5.41, 5.74) is 2.98. The number of nitrogens with zero attached hydrogens (tertiary/aromatic N) is 2. The van der Waals surface area contributed by atoms with Gasteiger partial charge in [-0.25, -0.2) is 4.98 Å². The van der Waals surface area contributed by atoms with E-state index >= 15 is 0 Å². The number of carbonyl (C=O) groups is 1. The van der Waals surface area contributed by atoms with E-state index < -0.39 is 10.8 Å². The van der Waals surface area contributed by atoms with Crippen LogP contribution in [0.25, 0.3) is 10.2 Å². The predicted octanol–water partition coefficient (Wildman–Crippen LogP) is 5.36. The van der Waals surface area contributed by atoms with Crippen LogP contribution in [0.5, 0.6) is 0 Å². The van der Waals surface area contributed by atoms with E-state index in [1.54, 1.807) is 42.5 Å². The maximum atomic E-state index is 12.5. The number of rotatable bonds is 5. The van der Waals surface area contributed by atoms with Crippen LogP contribution >= 0.6 is 11.3 Å². The van der Waals surface area contributed by atoms with Crippen LogP contribution < -0.4 is 5.32 Å². The molecule has 0 spiro atoms. The average Bonchev–Trinajstić information content (AvgIpc) is 3.11. The van der Waals surface area contributed by atoms with Gasteiger partial charge in [-0.1, -0.05) is 36.4 Å². The highest BCUT2D eigenvalue weighted by molar-refractivity contribution is 7.18. The second kappa shape index (κ2) is 7.81. The first-order valence-corrected chi connectivity index (χ1v) is 9.81. The van der Waals surface area contributed by atoms with Gasteiger partial charge in [0, 0.05) is 17.7 Å². The van der Waals surface area contributed by atoms with Crippen molar-refractivity contribution in [3.05, 3.63) is 98.5 Å². The van der Waals surface area contributed by atoms with Crippen molar-refractivity contribution in [2.24, 2.45) is 0 Å². The van der Waals surface area contributed by atoms with Gasteiger partial charge >= 0.3 is 0 Å². The number of anilines is 1. The molecule has 0 unspecified atom stereocenters. The lowest BCUT2D eigenvalue weighted by molar-refractivity contribution is -0.385. The topological polar surface area (TPSA) is 85.1 Å². The smallest absolute Gasteiger partial charge is 0.285 e. The molecule has 0 radical (unpaired) electrons. The number of amides is 1. The summed E-state index contributed by atoms with van der Waals surface area (Å²) >= 11 is 1.67. The molecule has 0 fully saturated rings. The third kappa shape index (κ3) is 4.00. The number of aromatic nitrogens is 1. The van der Waals surface area contributed by atoms with Gasteiger partial charge in [-0.15, -0.1) is 11.3 Å². The Hall–Kier alpha value is -3.58. The van der Waals surface area contributed by atoms with Gasteiger partial charge in [-0.3, -0.25) is 14.9 Å². The van der Waals surface area contributed by atoms with Crippen LogP contribution in [0.4, 0.5) is 11.4 Å². The number of nitro groups is 1. The van der Waals surface area contributed by atoms with Gasteiger partial charge in [0.2, 0.25) is 0 Å². The number of thiazole rings is 1. The molecule has 7 heteroatoms. The lowest BCUT2D eigenvalue weighted by atomic mass is 10.1. The largest absolute Gasteiger partial charge is 0.322 e. The molecule has 3 aromatic carbocycles. The zero-order valence-corrected chi connectivity index (χ0v) is 16.4. The van der Waals surface area contributed by atoms with Crippen molar-refractivity contribution in [3.8, 4) is 0 Å². The molecule has 4 rings (SSSR count). The summed E-state index contributed by atoms with van der Waals surface area (Å²) in [5, 5.41) is 15.1. The average molecular weight is 403 g/mol. The van der Waals surface area contributed by atoms with Gasteiger partial charge in [0.05, 0.1) is 20.1 Å². The fraction of sp³-hybridized carbons (Fsp3) is 0.0909. The highest BCUT2D eigenvalue weighted by atomic mass is 32.1. The summed E-state index contributed by atoms with van der Waals surface area (Å²) in [4.78, 5) is 28.0. The molecule has 0 aliphatic heterocycles. The molecule has 29 heavy (non-hydrogen) atoms. The van der Waals surface area contributed by atoms with Crippen molar-refractivity contribution in [2.75, 3.05) is 5.32 Å². The number of para-hydroxylation sites is 2. The Labute approximate surface area is 171 Å². The van der Waals surface area contributed by atoms with E-state index in [1.807, 2.05) is 30.3 Å². The molecule has 1 heterocycles. The number of nitro benzene ring substituents is 1. The Morgan fingerprint density at radius 1 is 1.07 bits per heavy atom. The van der Waals surface area contributed by atoms with Crippen LogP contribution in [0, 0.1) is 17.0 Å². The predicted molar refractivity (Wildman–Crippen MR) is 115 cm³/mol. The van der Waals surface area contributed by atoms with E-state index in [2.05, 4.69) is 16.4 Å². The molecular weight excluding hydrogens is 386 g/mol. The van der Waals surface area contributed by atoms with Gasteiger partial charge in [0.1, 0.15) is 5.56 Å². The van der Waals surface area contributed by atoms with Crippen LogP contribution in [0.1, 0.15) is 26.5 Å². The lowest BCUT2D eigenvalue weighted by Crippen LogP contribution is -2.14. The number of benzene rings is 3. The van der Waals surface area contributed by atoms with E-state index in [1.165, 1.54) is 6.07 Å². The van der Waals surface area contributed by atoms with Crippen molar-refractivity contribution in [1.29, 1.82) is 0 Å². The molecule has 0 saturated heterocycles. The summed E-state index contributed by atoms with van der Waals surface area (Å²) in [5.74, 6) is -0.501. The van der Waals surface area contributed by atoms with Crippen LogP contribution in [0.3, 0.4) is 0 Å². The number of hydrogen-bond acceptors (Lipinski definition) is 5. The van der Waals surface area contributed by atoms with Crippen LogP contribution in [-0.4, -0.2) is 15.8 Å². The number of carbonyl (C=O) groups excluding carboxylic acids is 1. The standard InChI is InChI=1S/C22H17N3O3S/c1-14-5-4-6-17(21(14)25(27)28)22(26)23-16-11-9-15(10-12-16)13-20-24-18-7-2-3-8-19(18)29-20/h2-12H,13H2,1H3,(H,23,26). The van der Waals surface area contributed by atoms with Gasteiger partial charge in [-0.05, 0) is 42.8 Å². The highest BCUT2D eigenvalue weighted by Crippen LogP contribution is 2.26. The minimum absolute atomic E-state index is 0.0496. The minimum atomic E-state index is -0.522. The Morgan fingerprint density at radius 3 is 2.55 bits per heavy atom. The molecule has 4 aromatic rings. The zero-order chi connectivity index (χ0) is 20.4. The zero-order valence-electron chi connectivity index (χ0n) is 15.6. The molecule has 1 aromatic heterocycles. The first kappa shape index (κ1) is 18.8. The van der Waals surface area contributed by atoms with Gasteiger partial charge < -0.3 is 5.32 Å². The summed E-state index contributed by atoms with van der Waals surface area (Å²) in [6.07, 6.45) is 0.705. The quantitative estimate of drug-likeness (QED) is 0.359. The fourth-order valence-electron chi connectivity index (χ4n) is 3.16. The van der Waals surface area contributed by atoms with Crippen molar-refractivity contribution in [1.82, 2.24) is 4.98 Å². The van der Waals surface area contributed by atoms with Crippen molar-refractivity contribution >= 4 is 38.8 Å². The molecule has 0 aliphatic rings. The Balaban J connectivity index is 1.49. The summed E-state index contributed by atoms with van der Waals surface area (Å²) in [6, 6.07) is 20.2. The molecule has 6 nitrogen and oxygen atoms in total. The Kier molecular flexibility index (Phi) is 5.05. The van der Waals surface area contributed by atoms with Gasteiger partial charge in [0.25, 0.3) is 11.6 Å². The maximum Gasteiger partial charge on any atom is 0.285 e. The van der Waals surface area contributed by atoms with E-state index in [4.69, 9.17) is 0 Å². The molecular formula is C22H17N3O3S. The SMILES string of the molecule is Cc1cccc(C(=O)Nc2ccc(Cc3nc4ccccc4s3)cc2)c1[N+](=O)[O-]. The van der Waals surface area contributed by atoms with Gasteiger partial charge in [-0.2, -0.15) is 0 Å². The van der Waals surface area contributed by atoms with Crippen LogP contribution in [0.2, 0.25) is 0 Å². The molecule has 0 atom stereocenters. The van der Waals surface area contributed by atoms with E-state index in [9.17, 15) is 14.9 Å². The van der Waals surface area contributed by atoms with E-state index in [-0.39, 0.29) is 11.3 Å². The summed E-state index contributed by atoms with van der Waals surface area (Å²) in [6.45, 7) is 1.62. The van der Waals surface area contributed by atoms with Crippen molar-refractivity contribution in [3.63, 3.8) is 0 Å². The van der Waals surface area contributed by atoms with Gasteiger partial charge in [0.15, 0.2) is 0 Å². The van der Waals surface area contributed by atoms with E-state index in [0.717, 1.165) is 20.8 Å². The first-order valence-electron chi connectivity index (χ1n) is 9.00. The highest BCUT2D eigenvalue weighted by Gasteiger charge is 2.22. The van der Waals surface area contributed by atoms with E-state index in [0.29, 0.717) is 17.7 Å². The normalized spacial score (nSPS) is 10.8. The lowest BCUT2D eigenvalue weighted by Gasteiger charge is -2.08. The monoisotopic (exact) mass is 403 g/mol. The summed E-state index contributed by atoms with van der Waals surface area (Å²) in [7, 11) is 0. The van der Waals surface area contributed by atoms with Crippen LogP contribution in [0.15, 0.2) is 66.7 Å². The molecule has 0 aliphatic carbocycles. The number of hydrogen-bond donors (Lipinski definition) is 1. The molecule has 1 amide bonds. The number of aryl methyl sites for hydroxylation is 1. The Bertz CT molecular complexity index is 1180. The third-order valence-corrected chi connectivity index (χ3v) is 5.61. The Morgan fingerprint density at radius 2 is 1.83 bits per heavy atom. The van der Waals surface area contributed by atoms with Crippen molar-refractivity contribution < 1.29 is 9.72 Å². The second-order valence-electron chi connectivity index (χ2n) is 6.63. The second-order valence-corrected chi connectivity index (χ2v) is 7.75. The first-order chi connectivity index (χ1) is 14.0. The number of fused-ring (bicyclic) bond motifs is 1. The molecule has 0 bridgehead atoms. The molecule has 144 valence electrons. The number of nitrogens with one attached hydrogen (secondary N) is 1. The fourth-order valence-corrected chi connectivity index (χ4v) is 4.16. The third-order valence-electron chi connectivity index (χ3n) is 4.57. The minimum Gasteiger partial charge on any atom is -0.322 e.